The maximum absolute atomic E-state index is 5.82. The third kappa shape index (κ3) is 2.97. The Morgan fingerprint density at radius 3 is 2.69 bits per heavy atom. The molecule has 1 atom stereocenters. The molecule has 2 heteroatoms. The van der Waals surface area contributed by atoms with Gasteiger partial charge in [0.15, 0.2) is 0 Å². The first-order valence-corrected chi connectivity index (χ1v) is 5.67. The van der Waals surface area contributed by atoms with Gasteiger partial charge in [0.05, 0.1) is 0 Å². The molecule has 0 saturated heterocycles. The number of hydrogen-bond donors (Lipinski definition) is 1. The number of benzene rings is 1. The van der Waals surface area contributed by atoms with Crippen molar-refractivity contribution in [2.24, 2.45) is 5.73 Å². The first-order chi connectivity index (χ1) is 7.88. The second kappa shape index (κ2) is 5.52. The van der Waals surface area contributed by atoms with Crippen LogP contribution in [0.2, 0.25) is 0 Å². The van der Waals surface area contributed by atoms with E-state index in [9.17, 15) is 0 Å². The predicted octanol–water partition coefficient (Wildman–Crippen LogP) is 2.67. The first-order valence-electron chi connectivity index (χ1n) is 5.67. The highest BCUT2D eigenvalue weighted by molar-refractivity contribution is 5.27. The Morgan fingerprint density at radius 2 is 2.06 bits per heavy atom. The van der Waals surface area contributed by atoms with Crippen LogP contribution in [0.1, 0.15) is 12.8 Å². The Hall–Kier alpha value is -1.54. The van der Waals surface area contributed by atoms with Gasteiger partial charge in [-0.1, -0.05) is 35.9 Å². The largest absolute Gasteiger partial charge is 0.486 e. The van der Waals surface area contributed by atoms with Gasteiger partial charge in [-0.05, 0) is 31.2 Å². The molecular weight excluding hydrogens is 198 g/mol. The Bertz CT molecular complexity index is 381. The van der Waals surface area contributed by atoms with E-state index in [0.717, 1.165) is 18.6 Å². The highest BCUT2D eigenvalue weighted by Gasteiger charge is 2.09. The van der Waals surface area contributed by atoms with Crippen molar-refractivity contribution in [1.82, 2.24) is 0 Å². The minimum atomic E-state index is 0.156. The van der Waals surface area contributed by atoms with Crippen molar-refractivity contribution in [2.75, 3.05) is 6.54 Å². The van der Waals surface area contributed by atoms with Crippen LogP contribution < -0.4 is 10.5 Å². The van der Waals surface area contributed by atoms with Crippen LogP contribution in [0.15, 0.2) is 54.1 Å². The van der Waals surface area contributed by atoms with E-state index in [1.54, 1.807) is 0 Å². The molecule has 0 aromatic heterocycles. The van der Waals surface area contributed by atoms with Crippen LogP contribution in [0, 0.1) is 0 Å². The molecule has 2 nitrogen and oxygen atoms in total. The molecular formula is C14H17NO. The molecule has 84 valence electrons. The standard InChI is InChI=1S/C14H17NO/c15-11-10-12-6-8-14(9-7-12)16-13-4-2-1-3-5-13/h1-8,14H,9-11,15H2. The summed E-state index contributed by atoms with van der Waals surface area (Å²) in [5, 5.41) is 0. The predicted molar refractivity (Wildman–Crippen MR) is 66.4 cm³/mol. The quantitative estimate of drug-likeness (QED) is 0.838. The Labute approximate surface area is 96.4 Å². The summed E-state index contributed by atoms with van der Waals surface area (Å²) in [4.78, 5) is 0. The molecule has 0 amide bonds. The number of ether oxygens (including phenoxy) is 1. The Balaban J connectivity index is 1.89. The zero-order valence-electron chi connectivity index (χ0n) is 9.30. The van der Waals surface area contributed by atoms with Gasteiger partial charge in [-0.2, -0.15) is 0 Å². The molecule has 2 N–H and O–H groups in total. The van der Waals surface area contributed by atoms with Crippen molar-refractivity contribution in [2.45, 2.75) is 18.9 Å². The number of nitrogens with two attached hydrogens (primary N) is 1. The number of allylic oxidation sites excluding steroid dienone is 1. The molecule has 0 aliphatic heterocycles. The molecule has 0 bridgehead atoms. The summed E-state index contributed by atoms with van der Waals surface area (Å²) in [5.41, 5.74) is 6.83. The minimum Gasteiger partial charge on any atom is -0.486 e. The topological polar surface area (TPSA) is 35.2 Å². The highest BCUT2D eigenvalue weighted by Crippen LogP contribution is 2.18. The van der Waals surface area contributed by atoms with Gasteiger partial charge in [-0.25, -0.2) is 0 Å². The van der Waals surface area contributed by atoms with Crippen molar-refractivity contribution in [3.8, 4) is 5.75 Å². The molecule has 1 aliphatic carbocycles. The van der Waals surface area contributed by atoms with Crippen molar-refractivity contribution < 1.29 is 4.74 Å². The lowest BCUT2D eigenvalue weighted by Gasteiger charge is -2.18. The maximum atomic E-state index is 5.82. The summed E-state index contributed by atoms with van der Waals surface area (Å²) in [5.74, 6) is 0.924. The maximum Gasteiger partial charge on any atom is 0.121 e. The van der Waals surface area contributed by atoms with Gasteiger partial charge in [0.25, 0.3) is 0 Å². The van der Waals surface area contributed by atoms with E-state index < -0.39 is 0 Å². The van der Waals surface area contributed by atoms with Gasteiger partial charge < -0.3 is 10.5 Å². The second-order valence-electron chi connectivity index (χ2n) is 3.88. The zero-order chi connectivity index (χ0) is 11.2. The first kappa shape index (κ1) is 11.0. The number of rotatable bonds is 4. The van der Waals surface area contributed by atoms with E-state index in [1.165, 1.54) is 5.57 Å². The number of para-hydroxylation sites is 1. The molecule has 16 heavy (non-hydrogen) atoms. The molecule has 0 heterocycles. The molecule has 1 aromatic carbocycles. The molecule has 0 radical (unpaired) electrons. The SMILES string of the molecule is NCCC1=CCC(Oc2ccccc2)C=C1. The number of hydrogen-bond acceptors (Lipinski definition) is 2. The van der Waals surface area contributed by atoms with E-state index in [4.69, 9.17) is 10.5 Å². The van der Waals surface area contributed by atoms with Crippen LogP contribution in [-0.4, -0.2) is 12.6 Å². The fourth-order valence-electron chi connectivity index (χ4n) is 1.76. The lowest BCUT2D eigenvalue weighted by atomic mass is 10.0. The van der Waals surface area contributed by atoms with E-state index in [0.29, 0.717) is 6.54 Å². The third-order valence-electron chi connectivity index (χ3n) is 2.60. The fraction of sp³-hybridized carbons (Fsp3) is 0.286. The molecule has 2 rings (SSSR count). The minimum absolute atomic E-state index is 0.156. The van der Waals surface area contributed by atoms with Gasteiger partial charge in [-0.3, -0.25) is 0 Å². The van der Waals surface area contributed by atoms with E-state index in [1.807, 2.05) is 30.3 Å². The lowest BCUT2D eigenvalue weighted by Crippen LogP contribution is -2.15. The summed E-state index contributed by atoms with van der Waals surface area (Å²) < 4.78 is 5.82. The molecule has 0 fully saturated rings. The third-order valence-corrected chi connectivity index (χ3v) is 2.60. The van der Waals surface area contributed by atoms with Gasteiger partial charge >= 0.3 is 0 Å². The average Bonchev–Trinajstić information content (AvgIpc) is 2.33. The van der Waals surface area contributed by atoms with Gasteiger partial charge in [0.2, 0.25) is 0 Å². The van der Waals surface area contributed by atoms with E-state index in [2.05, 4.69) is 18.2 Å². The Kier molecular flexibility index (Phi) is 3.78. The smallest absolute Gasteiger partial charge is 0.121 e. The molecule has 1 aliphatic rings. The van der Waals surface area contributed by atoms with Crippen molar-refractivity contribution in [3.05, 3.63) is 54.1 Å². The summed E-state index contributed by atoms with van der Waals surface area (Å²) in [6.07, 6.45) is 8.47. The normalized spacial score (nSPS) is 19.3. The van der Waals surface area contributed by atoms with Crippen LogP contribution in [0.5, 0.6) is 5.75 Å². The lowest BCUT2D eigenvalue weighted by molar-refractivity contribution is 0.251. The van der Waals surface area contributed by atoms with Crippen molar-refractivity contribution in [1.29, 1.82) is 0 Å². The molecule has 0 spiro atoms. The average molecular weight is 215 g/mol. The Morgan fingerprint density at radius 1 is 1.25 bits per heavy atom. The fourth-order valence-corrected chi connectivity index (χ4v) is 1.76. The van der Waals surface area contributed by atoms with Crippen LogP contribution in [0.3, 0.4) is 0 Å². The summed E-state index contributed by atoms with van der Waals surface area (Å²) >= 11 is 0. The van der Waals surface area contributed by atoms with E-state index in [-0.39, 0.29) is 6.10 Å². The molecule has 1 aromatic rings. The van der Waals surface area contributed by atoms with Gasteiger partial charge in [0, 0.05) is 6.42 Å². The summed E-state index contributed by atoms with van der Waals surface area (Å²) in [6, 6.07) is 9.91. The van der Waals surface area contributed by atoms with Gasteiger partial charge in [-0.15, -0.1) is 0 Å². The summed E-state index contributed by atoms with van der Waals surface area (Å²) in [7, 11) is 0. The van der Waals surface area contributed by atoms with E-state index >= 15 is 0 Å². The zero-order valence-corrected chi connectivity index (χ0v) is 9.30. The monoisotopic (exact) mass is 215 g/mol. The van der Waals surface area contributed by atoms with Crippen LogP contribution in [0.25, 0.3) is 0 Å². The van der Waals surface area contributed by atoms with Crippen molar-refractivity contribution >= 4 is 0 Å². The highest BCUT2D eigenvalue weighted by atomic mass is 16.5. The summed E-state index contributed by atoms with van der Waals surface area (Å²) in [6.45, 7) is 0.709. The van der Waals surface area contributed by atoms with Gasteiger partial charge in [0.1, 0.15) is 11.9 Å². The molecule has 0 saturated carbocycles. The van der Waals surface area contributed by atoms with Crippen LogP contribution in [-0.2, 0) is 0 Å². The van der Waals surface area contributed by atoms with Crippen molar-refractivity contribution in [3.63, 3.8) is 0 Å². The van der Waals surface area contributed by atoms with Crippen LogP contribution >= 0.6 is 0 Å². The van der Waals surface area contributed by atoms with Crippen LogP contribution in [0.4, 0.5) is 0 Å². The molecule has 1 unspecified atom stereocenters. The second-order valence-corrected chi connectivity index (χ2v) is 3.88.